The second-order valence-corrected chi connectivity index (χ2v) is 5.81. The molecule has 0 aromatic heterocycles. The van der Waals surface area contributed by atoms with Gasteiger partial charge in [-0.3, -0.25) is 0 Å². The predicted molar refractivity (Wildman–Crippen MR) is 79.0 cm³/mol. The quantitative estimate of drug-likeness (QED) is 0.744. The van der Waals surface area contributed by atoms with Crippen LogP contribution >= 0.6 is 15.9 Å². The minimum atomic E-state index is -0.731. The fourth-order valence-corrected chi connectivity index (χ4v) is 2.63. The van der Waals surface area contributed by atoms with Crippen molar-refractivity contribution in [2.24, 2.45) is 0 Å². The molecular formula is C15H19BrO4. The van der Waals surface area contributed by atoms with Crippen molar-refractivity contribution in [2.45, 2.75) is 31.3 Å². The molecule has 1 fully saturated rings. The lowest BCUT2D eigenvalue weighted by molar-refractivity contribution is -0.151. The third-order valence-electron chi connectivity index (χ3n) is 3.57. The van der Waals surface area contributed by atoms with Crippen LogP contribution in [0.4, 0.5) is 0 Å². The van der Waals surface area contributed by atoms with E-state index in [1.54, 1.807) is 0 Å². The maximum Gasteiger partial charge on any atom is 0.349 e. The number of ether oxygens (including phenoxy) is 3. The Hall–Kier alpha value is -1.07. The number of carbonyl (C=O) groups is 1. The van der Waals surface area contributed by atoms with E-state index in [1.165, 1.54) is 33.5 Å². The fourth-order valence-electron chi connectivity index (χ4n) is 2.25. The van der Waals surface area contributed by atoms with E-state index in [-0.39, 0.29) is 6.61 Å². The van der Waals surface area contributed by atoms with E-state index in [1.807, 2.05) is 12.1 Å². The lowest BCUT2D eigenvalue weighted by atomic mass is 9.80. The van der Waals surface area contributed by atoms with Gasteiger partial charge < -0.3 is 14.2 Å². The zero-order chi connectivity index (χ0) is 14.5. The van der Waals surface area contributed by atoms with Crippen molar-refractivity contribution in [1.29, 1.82) is 0 Å². The van der Waals surface area contributed by atoms with Crippen molar-refractivity contribution in [3.63, 3.8) is 0 Å². The number of hydrogen-bond acceptors (Lipinski definition) is 4. The summed E-state index contributed by atoms with van der Waals surface area (Å²) in [7, 11) is 2.89. The molecule has 1 saturated carbocycles. The van der Waals surface area contributed by atoms with Gasteiger partial charge in [0.2, 0.25) is 6.10 Å². The van der Waals surface area contributed by atoms with Gasteiger partial charge in [0.1, 0.15) is 5.75 Å². The molecule has 0 N–H and O–H groups in total. The SMILES string of the molecule is COCC(Oc1ccc(Br)cc1C1CCC1)C(=O)OC. The maximum absolute atomic E-state index is 11.7. The second kappa shape index (κ2) is 7.09. The summed E-state index contributed by atoms with van der Waals surface area (Å²) in [6.45, 7) is 0.173. The highest BCUT2D eigenvalue weighted by Gasteiger charge is 2.27. The molecule has 0 bridgehead atoms. The number of rotatable bonds is 6. The summed E-state index contributed by atoms with van der Waals surface area (Å²) in [5, 5.41) is 0. The molecule has 110 valence electrons. The average Bonchev–Trinajstić information content (AvgIpc) is 2.38. The van der Waals surface area contributed by atoms with E-state index in [0.29, 0.717) is 5.92 Å². The van der Waals surface area contributed by atoms with Crippen molar-refractivity contribution in [3.05, 3.63) is 28.2 Å². The van der Waals surface area contributed by atoms with Crippen LogP contribution in [0, 0.1) is 0 Å². The van der Waals surface area contributed by atoms with E-state index < -0.39 is 12.1 Å². The van der Waals surface area contributed by atoms with Gasteiger partial charge in [-0.05, 0) is 42.5 Å². The van der Waals surface area contributed by atoms with Crippen LogP contribution in [0.2, 0.25) is 0 Å². The molecule has 1 aromatic rings. The zero-order valence-corrected chi connectivity index (χ0v) is 13.3. The smallest absolute Gasteiger partial charge is 0.349 e. The van der Waals surface area contributed by atoms with Crippen molar-refractivity contribution >= 4 is 21.9 Å². The van der Waals surface area contributed by atoms with E-state index in [2.05, 4.69) is 22.0 Å². The van der Waals surface area contributed by atoms with E-state index >= 15 is 0 Å². The minimum Gasteiger partial charge on any atom is -0.476 e. The van der Waals surface area contributed by atoms with Crippen LogP contribution in [0.3, 0.4) is 0 Å². The highest BCUT2D eigenvalue weighted by molar-refractivity contribution is 9.10. The first kappa shape index (κ1) is 15.3. The lowest BCUT2D eigenvalue weighted by Crippen LogP contribution is -2.33. The minimum absolute atomic E-state index is 0.173. The summed E-state index contributed by atoms with van der Waals surface area (Å²) >= 11 is 3.49. The molecule has 1 aliphatic carbocycles. The van der Waals surface area contributed by atoms with Crippen LogP contribution in [-0.2, 0) is 14.3 Å². The van der Waals surface area contributed by atoms with E-state index in [0.717, 1.165) is 15.8 Å². The van der Waals surface area contributed by atoms with Gasteiger partial charge in [0, 0.05) is 11.6 Å². The molecule has 1 unspecified atom stereocenters. The van der Waals surface area contributed by atoms with Gasteiger partial charge in [-0.15, -0.1) is 0 Å². The molecule has 20 heavy (non-hydrogen) atoms. The maximum atomic E-state index is 11.7. The topological polar surface area (TPSA) is 44.8 Å². The van der Waals surface area contributed by atoms with Crippen molar-refractivity contribution in [3.8, 4) is 5.75 Å². The number of hydrogen-bond donors (Lipinski definition) is 0. The molecular weight excluding hydrogens is 324 g/mol. The second-order valence-electron chi connectivity index (χ2n) is 4.89. The van der Waals surface area contributed by atoms with Gasteiger partial charge in [0.25, 0.3) is 0 Å². The summed E-state index contributed by atoms with van der Waals surface area (Å²) in [4.78, 5) is 11.7. The van der Waals surface area contributed by atoms with E-state index in [9.17, 15) is 4.79 Å². The van der Waals surface area contributed by atoms with Crippen molar-refractivity contribution < 1.29 is 19.0 Å². The molecule has 0 aliphatic heterocycles. The highest BCUT2D eigenvalue weighted by atomic mass is 79.9. The number of carbonyl (C=O) groups excluding carboxylic acids is 1. The molecule has 1 aromatic carbocycles. The molecule has 0 amide bonds. The Morgan fingerprint density at radius 2 is 2.15 bits per heavy atom. The summed E-state index contributed by atoms with van der Waals surface area (Å²) < 4.78 is 16.6. The van der Waals surface area contributed by atoms with Crippen LogP contribution in [0.25, 0.3) is 0 Å². The molecule has 2 rings (SSSR count). The van der Waals surface area contributed by atoms with Gasteiger partial charge >= 0.3 is 5.97 Å². The molecule has 0 saturated heterocycles. The fraction of sp³-hybridized carbons (Fsp3) is 0.533. The molecule has 0 heterocycles. The van der Waals surface area contributed by atoms with Crippen molar-refractivity contribution in [1.82, 2.24) is 0 Å². The monoisotopic (exact) mass is 342 g/mol. The number of esters is 1. The standard InChI is InChI=1S/C15H19BrO4/c1-18-9-14(15(17)19-2)20-13-7-6-11(16)8-12(13)10-4-3-5-10/h6-8,10,14H,3-5,9H2,1-2H3. The van der Waals surface area contributed by atoms with Crippen LogP contribution in [0.15, 0.2) is 22.7 Å². The number of halogens is 1. The van der Waals surface area contributed by atoms with Crippen LogP contribution in [0.5, 0.6) is 5.75 Å². The Bertz CT molecular complexity index is 471. The van der Waals surface area contributed by atoms with Gasteiger partial charge in [-0.25, -0.2) is 4.79 Å². The Morgan fingerprint density at radius 1 is 1.40 bits per heavy atom. The largest absolute Gasteiger partial charge is 0.476 e. The average molecular weight is 343 g/mol. The third-order valence-corrected chi connectivity index (χ3v) is 4.06. The molecule has 1 aliphatic rings. The van der Waals surface area contributed by atoms with Gasteiger partial charge in [0.05, 0.1) is 13.7 Å². The van der Waals surface area contributed by atoms with Crippen LogP contribution < -0.4 is 4.74 Å². The first-order valence-electron chi connectivity index (χ1n) is 6.68. The lowest BCUT2D eigenvalue weighted by Gasteiger charge is -2.29. The van der Waals surface area contributed by atoms with Crippen molar-refractivity contribution in [2.75, 3.05) is 20.8 Å². The number of methoxy groups -OCH3 is 2. The van der Waals surface area contributed by atoms with Gasteiger partial charge in [-0.2, -0.15) is 0 Å². The first-order chi connectivity index (χ1) is 9.65. The summed E-state index contributed by atoms with van der Waals surface area (Å²) in [5.41, 5.74) is 1.15. The van der Waals surface area contributed by atoms with Crippen LogP contribution in [0.1, 0.15) is 30.7 Å². The number of benzene rings is 1. The molecule has 4 nitrogen and oxygen atoms in total. The summed E-state index contributed by atoms with van der Waals surface area (Å²) in [6, 6.07) is 5.88. The van der Waals surface area contributed by atoms with Gasteiger partial charge in [-0.1, -0.05) is 22.4 Å². The first-order valence-corrected chi connectivity index (χ1v) is 7.48. The van der Waals surface area contributed by atoms with E-state index in [4.69, 9.17) is 14.2 Å². The Balaban J connectivity index is 2.19. The van der Waals surface area contributed by atoms with Gasteiger partial charge in [0.15, 0.2) is 0 Å². The predicted octanol–water partition coefficient (Wildman–Crippen LogP) is 3.28. The Kier molecular flexibility index (Phi) is 5.43. The highest BCUT2D eigenvalue weighted by Crippen LogP contribution is 2.42. The zero-order valence-electron chi connectivity index (χ0n) is 11.7. The summed E-state index contributed by atoms with van der Waals surface area (Å²) in [5.74, 6) is 0.836. The third kappa shape index (κ3) is 3.52. The summed E-state index contributed by atoms with van der Waals surface area (Å²) in [6.07, 6.45) is 2.85. The Labute approximate surface area is 127 Å². The molecule has 0 radical (unpaired) electrons. The molecule has 1 atom stereocenters. The molecule has 0 spiro atoms. The Morgan fingerprint density at radius 3 is 2.70 bits per heavy atom. The normalized spacial score (nSPS) is 16.4. The molecule has 5 heteroatoms. The van der Waals surface area contributed by atoms with Crippen LogP contribution in [-0.4, -0.2) is 32.9 Å².